The van der Waals surface area contributed by atoms with E-state index in [-0.39, 0.29) is 6.04 Å². The van der Waals surface area contributed by atoms with Gasteiger partial charge in [0.05, 0.1) is 0 Å². The largest absolute Gasteiger partial charge is 0.339 e. The summed E-state index contributed by atoms with van der Waals surface area (Å²) in [7, 11) is 0. The van der Waals surface area contributed by atoms with Gasteiger partial charge in [0, 0.05) is 18.4 Å². The Morgan fingerprint density at radius 1 is 1.29 bits per heavy atom. The molecule has 1 aromatic rings. The molecule has 0 aliphatic heterocycles. The monoisotopic (exact) mass is 237 g/mol. The second-order valence-corrected chi connectivity index (χ2v) is 5.11. The van der Waals surface area contributed by atoms with Gasteiger partial charge in [-0.3, -0.25) is 0 Å². The Bertz CT molecular complexity index is 329. The lowest BCUT2D eigenvalue weighted by Gasteiger charge is -2.07. The molecule has 0 bridgehead atoms. The van der Waals surface area contributed by atoms with Crippen molar-refractivity contribution in [1.29, 1.82) is 0 Å². The highest BCUT2D eigenvalue weighted by molar-refractivity contribution is 4.96. The SMILES string of the molecule is CCC(N)Cc1noc(C2CCCCCC2)n1. The van der Waals surface area contributed by atoms with Crippen molar-refractivity contribution in [3.8, 4) is 0 Å². The third-order valence-electron chi connectivity index (χ3n) is 3.66. The highest BCUT2D eigenvalue weighted by Gasteiger charge is 2.20. The van der Waals surface area contributed by atoms with Gasteiger partial charge in [0.25, 0.3) is 0 Å². The Balaban J connectivity index is 1.96. The van der Waals surface area contributed by atoms with Crippen LogP contribution in [0.5, 0.6) is 0 Å². The average molecular weight is 237 g/mol. The van der Waals surface area contributed by atoms with Crippen molar-refractivity contribution in [2.45, 2.75) is 70.3 Å². The van der Waals surface area contributed by atoms with E-state index >= 15 is 0 Å². The van der Waals surface area contributed by atoms with Crippen LogP contribution in [-0.4, -0.2) is 16.2 Å². The van der Waals surface area contributed by atoms with Crippen molar-refractivity contribution >= 4 is 0 Å². The molecule has 0 aromatic carbocycles. The molecule has 1 atom stereocenters. The van der Waals surface area contributed by atoms with Gasteiger partial charge >= 0.3 is 0 Å². The van der Waals surface area contributed by atoms with Crippen molar-refractivity contribution in [3.63, 3.8) is 0 Å². The molecule has 2 rings (SSSR count). The normalized spacial score (nSPS) is 20.1. The van der Waals surface area contributed by atoms with Crippen molar-refractivity contribution < 1.29 is 4.52 Å². The van der Waals surface area contributed by atoms with Crippen molar-refractivity contribution in [2.75, 3.05) is 0 Å². The number of hydrogen-bond acceptors (Lipinski definition) is 4. The quantitative estimate of drug-likeness (QED) is 0.818. The lowest BCUT2D eigenvalue weighted by Crippen LogP contribution is -2.22. The van der Waals surface area contributed by atoms with E-state index in [1.54, 1.807) is 0 Å². The van der Waals surface area contributed by atoms with Gasteiger partial charge in [0.2, 0.25) is 5.89 Å². The highest BCUT2D eigenvalue weighted by atomic mass is 16.5. The summed E-state index contributed by atoms with van der Waals surface area (Å²) in [6.45, 7) is 2.08. The maximum atomic E-state index is 5.90. The van der Waals surface area contributed by atoms with Crippen LogP contribution in [0.3, 0.4) is 0 Å². The van der Waals surface area contributed by atoms with E-state index in [1.807, 2.05) is 0 Å². The molecular weight excluding hydrogens is 214 g/mol. The zero-order chi connectivity index (χ0) is 12.1. The summed E-state index contributed by atoms with van der Waals surface area (Å²) in [5.74, 6) is 2.10. The third kappa shape index (κ3) is 3.53. The standard InChI is InChI=1S/C13H23N3O/c1-2-11(14)9-12-15-13(17-16-12)10-7-5-3-4-6-8-10/h10-11H,2-9,14H2,1H3. The number of aromatic nitrogens is 2. The maximum absolute atomic E-state index is 5.90. The zero-order valence-corrected chi connectivity index (χ0v) is 10.7. The van der Waals surface area contributed by atoms with E-state index in [4.69, 9.17) is 10.3 Å². The zero-order valence-electron chi connectivity index (χ0n) is 10.7. The lowest BCUT2D eigenvalue weighted by atomic mass is 10.0. The molecule has 1 aromatic heterocycles. The molecule has 96 valence electrons. The molecule has 1 fully saturated rings. The molecule has 1 saturated carbocycles. The maximum Gasteiger partial charge on any atom is 0.229 e. The van der Waals surface area contributed by atoms with Gasteiger partial charge in [0.1, 0.15) is 0 Å². The van der Waals surface area contributed by atoms with Crippen LogP contribution in [-0.2, 0) is 6.42 Å². The second kappa shape index (κ2) is 6.15. The molecule has 1 heterocycles. The minimum Gasteiger partial charge on any atom is -0.339 e. The van der Waals surface area contributed by atoms with E-state index < -0.39 is 0 Å². The first-order valence-corrected chi connectivity index (χ1v) is 6.87. The Morgan fingerprint density at radius 3 is 2.65 bits per heavy atom. The smallest absolute Gasteiger partial charge is 0.229 e. The molecule has 2 N–H and O–H groups in total. The van der Waals surface area contributed by atoms with Gasteiger partial charge in [-0.15, -0.1) is 0 Å². The van der Waals surface area contributed by atoms with Gasteiger partial charge in [-0.1, -0.05) is 37.8 Å². The average Bonchev–Trinajstić information content (AvgIpc) is 2.63. The first-order chi connectivity index (χ1) is 8.29. The van der Waals surface area contributed by atoms with Crippen LogP contribution in [0.15, 0.2) is 4.52 Å². The summed E-state index contributed by atoms with van der Waals surface area (Å²) in [6, 6.07) is 0.148. The Hall–Kier alpha value is -0.900. The minimum atomic E-state index is 0.148. The number of nitrogens with zero attached hydrogens (tertiary/aromatic N) is 2. The van der Waals surface area contributed by atoms with Gasteiger partial charge in [-0.2, -0.15) is 4.98 Å². The number of rotatable bonds is 4. The van der Waals surface area contributed by atoms with Crippen LogP contribution in [0.4, 0.5) is 0 Å². The summed E-state index contributed by atoms with van der Waals surface area (Å²) in [4.78, 5) is 4.51. The minimum absolute atomic E-state index is 0.148. The van der Waals surface area contributed by atoms with Crippen LogP contribution in [0, 0.1) is 0 Å². The van der Waals surface area contributed by atoms with Crippen molar-refractivity contribution in [1.82, 2.24) is 10.1 Å². The van der Waals surface area contributed by atoms with Gasteiger partial charge < -0.3 is 10.3 Å². The Morgan fingerprint density at radius 2 is 2.00 bits per heavy atom. The summed E-state index contributed by atoms with van der Waals surface area (Å²) >= 11 is 0. The molecule has 0 radical (unpaired) electrons. The fraction of sp³-hybridized carbons (Fsp3) is 0.846. The predicted molar refractivity (Wildman–Crippen MR) is 66.7 cm³/mol. The van der Waals surface area contributed by atoms with Crippen LogP contribution < -0.4 is 5.73 Å². The van der Waals surface area contributed by atoms with Gasteiger partial charge in [-0.05, 0) is 19.3 Å². The van der Waals surface area contributed by atoms with E-state index in [2.05, 4.69) is 17.1 Å². The molecule has 4 heteroatoms. The van der Waals surface area contributed by atoms with E-state index in [0.29, 0.717) is 5.92 Å². The first-order valence-electron chi connectivity index (χ1n) is 6.87. The Kier molecular flexibility index (Phi) is 4.54. The molecule has 17 heavy (non-hydrogen) atoms. The molecule has 1 aliphatic rings. The van der Waals surface area contributed by atoms with Crippen LogP contribution in [0.25, 0.3) is 0 Å². The molecule has 0 saturated heterocycles. The predicted octanol–water partition coefficient (Wildman–Crippen LogP) is 2.79. The summed E-state index contributed by atoms with van der Waals surface area (Å²) in [5.41, 5.74) is 5.90. The molecule has 0 amide bonds. The summed E-state index contributed by atoms with van der Waals surface area (Å²) < 4.78 is 5.39. The summed E-state index contributed by atoms with van der Waals surface area (Å²) in [5, 5.41) is 4.04. The van der Waals surface area contributed by atoms with Gasteiger partial charge in [0.15, 0.2) is 5.82 Å². The van der Waals surface area contributed by atoms with Crippen LogP contribution in [0.2, 0.25) is 0 Å². The number of nitrogens with two attached hydrogens (primary N) is 1. The Labute approximate surface area is 103 Å². The van der Waals surface area contributed by atoms with E-state index in [0.717, 1.165) is 24.6 Å². The molecule has 4 nitrogen and oxygen atoms in total. The fourth-order valence-electron chi connectivity index (χ4n) is 2.42. The summed E-state index contributed by atoms with van der Waals surface area (Å²) in [6.07, 6.45) is 9.34. The van der Waals surface area contributed by atoms with Crippen molar-refractivity contribution in [2.24, 2.45) is 5.73 Å². The molecule has 1 unspecified atom stereocenters. The molecule has 1 aliphatic carbocycles. The lowest BCUT2D eigenvalue weighted by molar-refractivity contribution is 0.336. The molecule has 0 spiro atoms. The highest BCUT2D eigenvalue weighted by Crippen LogP contribution is 2.30. The van der Waals surface area contributed by atoms with Crippen LogP contribution >= 0.6 is 0 Å². The molecular formula is C13H23N3O. The van der Waals surface area contributed by atoms with E-state index in [9.17, 15) is 0 Å². The van der Waals surface area contributed by atoms with Gasteiger partial charge in [-0.25, -0.2) is 0 Å². The number of hydrogen-bond donors (Lipinski definition) is 1. The fourth-order valence-corrected chi connectivity index (χ4v) is 2.42. The topological polar surface area (TPSA) is 64.9 Å². The third-order valence-corrected chi connectivity index (χ3v) is 3.66. The second-order valence-electron chi connectivity index (χ2n) is 5.11. The van der Waals surface area contributed by atoms with Crippen LogP contribution in [0.1, 0.15) is 69.5 Å². The first kappa shape index (κ1) is 12.6. The van der Waals surface area contributed by atoms with E-state index in [1.165, 1.54) is 38.5 Å². The van der Waals surface area contributed by atoms with Crippen molar-refractivity contribution in [3.05, 3.63) is 11.7 Å².